The van der Waals surface area contributed by atoms with Gasteiger partial charge in [-0.15, -0.1) is 0 Å². The normalized spacial score (nSPS) is 11.5. The summed E-state index contributed by atoms with van der Waals surface area (Å²) in [7, 11) is 0. The van der Waals surface area contributed by atoms with E-state index in [9.17, 15) is 4.79 Å². The minimum atomic E-state index is -2.11. The zero-order chi connectivity index (χ0) is 8.91. The van der Waals surface area contributed by atoms with Crippen molar-refractivity contribution in [3.63, 3.8) is 0 Å². The van der Waals surface area contributed by atoms with E-state index >= 15 is 0 Å². The summed E-state index contributed by atoms with van der Waals surface area (Å²) in [6.07, 6.45) is 0. The Morgan fingerprint density at radius 3 is 1.64 bits per heavy atom. The Labute approximate surface area is 72.9 Å². The first-order valence-electron chi connectivity index (χ1n) is 4.32. The first-order chi connectivity index (χ1) is 5.10. The van der Waals surface area contributed by atoms with Gasteiger partial charge in [-0.1, -0.05) is 0 Å². The van der Waals surface area contributed by atoms with Crippen LogP contribution >= 0.6 is 0 Å². The first-order valence-corrected chi connectivity index (χ1v) is 12.4. The monoisotopic (exact) mass is 266 g/mol. The van der Waals surface area contributed by atoms with Crippen LogP contribution in [-0.2, 0) is 4.79 Å². The van der Waals surface area contributed by atoms with Crippen molar-refractivity contribution >= 4 is 24.3 Å². The summed E-state index contributed by atoms with van der Waals surface area (Å²) in [6, 6.07) is 0. The van der Waals surface area contributed by atoms with Crippen LogP contribution in [0, 0.1) is 0 Å². The van der Waals surface area contributed by atoms with Crippen LogP contribution in [0.4, 0.5) is 0 Å². The molecule has 0 amide bonds. The van der Waals surface area contributed by atoms with Crippen molar-refractivity contribution in [3.8, 4) is 0 Å². The molecule has 2 nitrogen and oxygen atoms in total. The van der Waals surface area contributed by atoms with Gasteiger partial charge in [-0.25, -0.2) is 0 Å². The van der Waals surface area contributed by atoms with Gasteiger partial charge >= 0.3 is 72.8 Å². The van der Waals surface area contributed by atoms with E-state index in [-0.39, 0.29) is 0 Å². The predicted molar refractivity (Wildman–Crippen MR) is 49.6 cm³/mol. The SMILES string of the molecule is C[CH2][Sn]([CH2]C)([CH2]C)[CH2]C(=O)O. The third-order valence-corrected chi connectivity index (χ3v) is 18.6. The molecule has 1 N–H and O–H groups in total. The van der Waals surface area contributed by atoms with Crippen LogP contribution in [0.2, 0.25) is 17.7 Å². The zero-order valence-electron chi connectivity index (χ0n) is 7.68. The maximum atomic E-state index is 10.5. The first kappa shape index (κ1) is 11.3. The molecule has 3 heteroatoms. The molecule has 66 valence electrons. The molecule has 0 radical (unpaired) electrons. The molecule has 0 fully saturated rings. The van der Waals surface area contributed by atoms with E-state index in [0.29, 0.717) is 4.44 Å². The molecule has 0 aliphatic carbocycles. The Balaban J connectivity index is 4.16. The molecule has 0 aliphatic rings. The Hall–Kier alpha value is 0.269. The van der Waals surface area contributed by atoms with Crippen LogP contribution in [-0.4, -0.2) is 29.5 Å². The van der Waals surface area contributed by atoms with Crippen LogP contribution < -0.4 is 0 Å². The van der Waals surface area contributed by atoms with E-state index in [1.165, 1.54) is 13.3 Å². The molecule has 0 aliphatic heterocycles. The van der Waals surface area contributed by atoms with E-state index in [1.54, 1.807) is 0 Å². The summed E-state index contributed by atoms with van der Waals surface area (Å²) < 4.78 is 4.05. The summed E-state index contributed by atoms with van der Waals surface area (Å²) >= 11 is -2.11. The molecule has 0 spiro atoms. The molecule has 0 aromatic rings. The predicted octanol–water partition coefficient (Wildman–Crippen LogP) is 2.58. The third kappa shape index (κ3) is 3.45. The van der Waals surface area contributed by atoms with Gasteiger partial charge in [0.05, 0.1) is 0 Å². The maximum absolute atomic E-state index is 10.5. The van der Waals surface area contributed by atoms with Crippen LogP contribution in [0.1, 0.15) is 20.8 Å². The fourth-order valence-corrected chi connectivity index (χ4v) is 9.70. The zero-order valence-corrected chi connectivity index (χ0v) is 10.5. The van der Waals surface area contributed by atoms with Crippen molar-refractivity contribution in [2.75, 3.05) is 0 Å². The average Bonchev–Trinajstić information content (AvgIpc) is 2.00. The molecule has 0 heterocycles. The van der Waals surface area contributed by atoms with Crippen LogP contribution in [0.15, 0.2) is 0 Å². The van der Waals surface area contributed by atoms with Gasteiger partial charge in [0.25, 0.3) is 0 Å². The number of carboxylic acid groups (broad SMARTS) is 1. The van der Waals surface area contributed by atoms with Crippen molar-refractivity contribution in [1.82, 2.24) is 0 Å². The van der Waals surface area contributed by atoms with Gasteiger partial charge in [-0.05, 0) is 0 Å². The van der Waals surface area contributed by atoms with Gasteiger partial charge in [-0.3, -0.25) is 0 Å². The number of aliphatic carboxylic acids is 1. The topological polar surface area (TPSA) is 37.3 Å². The fourth-order valence-electron chi connectivity index (χ4n) is 1.45. The molecule has 11 heavy (non-hydrogen) atoms. The van der Waals surface area contributed by atoms with Crippen molar-refractivity contribution in [2.24, 2.45) is 0 Å². The third-order valence-electron chi connectivity index (χ3n) is 2.78. The van der Waals surface area contributed by atoms with Crippen molar-refractivity contribution < 1.29 is 9.90 Å². The molecule has 0 bridgehead atoms. The molecular formula is C8H18O2Sn. The molecule has 0 aromatic heterocycles. The van der Waals surface area contributed by atoms with Crippen LogP contribution in [0.3, 0.4) is 0 Å². The second-order valence-corrected chi connectivity index (χ2v) is 18.8. The second kappa shape index (κ2) is 5.01. The van der Waals surface area contributed by atoms with Crippen LogP contribution in [0.5, 0.6) is 0 Å². The van der Waals surface area contributed by atoms with E-state index in [1.807, 2.05) is 0 Å². The molecule has 0 atom stereocenters. The minimum absolute atomic E-state index is 0.526. The van der Waals surface area contributed by atoms with Gasteiger partial charge in [0, 0.05) is 0 Å². The van der Waals surface area contributed by atoms with Gasteiger partial charge < -0.3 is 0 Å². The second-order valence-electron chi connectivity index (χ2n) is 3.13. The van der Waals surface area contributed by atoms with Gasteiger partial charge in [0.2, 0.25) is 0 Å². The van der Waals surface area contributed by atoms with Crippen LogP contribution in [0.25, 0.3) is 0 Å². The van der Waals surface area contributed by atoms with Crippen molar-refractivity contribution in [2.45, 2.75) is 38.5 Å². The molecule has 0 unspecified atom stereocenters. The number of carbonyl (C=O) groups is 1. The van der Waals surface area contributed by atoms with Crippen molar-refractivity contribution in [3.05, 3.63) is 0 Å². The Bertz CT molecular complexity index is 122. The van der Waals surface area contributed by atoms with Gasteiger partial charge in [0.15, 0.2) is 0 Å². The standard InChI is InChI=1S/C2H3O2.3C2H5.Sn/c1-2(3)4;3*1-2;/h1H2,(H,3,4);3*1H2,2H3;. The van der Waals surface area contributed by atoms with E-state index < -0.39 is 24.3 Å². The van der Waals surface area contributed by atoms with E-state index in [0.717, 1.165) is 0 Å². The van der Waals surface area contributed by atoms with E-state index in [2.05, 4.69) is 20.8 Å². The number of carboxylic acids is 1. The molecular weight excluding hydrogens is 247 g/mol. The van der Waals surface area contributed by atoms with E-state index in [4.69, 9.17) is 5.11 Å². The summed E-state index contributed by atoms with van der Waals surface area (Å²) in [5.41, 5.74) is 0. The van der Waals surface area contributed by atoms with Gasteiger partial charge in [-0.2, -0.15) is 0 Å². The van der Waals surface area contributed by atoms with Crippen molar-refractivity contribution in [1.29, 1.82) is 0 Å². The quantitative estimate of drug-likeness (QED) is 0.775. The summed E-state index contributed by atoms with van der Waals surface area (Å²) in [6.45, 7) is 6.48. The number of hydrogen-bond donors (Lipinski definition) is 1. The fraction of sp³-hybridized carbons (Fsp3) is 0.875. The molecule has 0 saturated carbocycles. The Morgan fingerprint density at radius 2 is 1.55 bits per heavy atom. The Morgan fingerprint density at radius 1 is 1.18 bits per heavy atom. The summed E-state index contributed by atoms with van der Waals surface area (Å²) in [4.78, 5) is 10.5. The number of rotatable bonds is 5. The summed E-state index contributed by atoms with van der Waals surface area (Å²) in [5, 5.41) is 8.69. The number of hydrogen-bond acceptors (Lipinski definition) is 1. The Kier molecular flexibility index (Phi) is 5.13. The molecule has 0 saturated heterocycles. The average molecular weight is 265 g/mol. The van der Waals surface area contributed by atoms with Gasteiger partial charge in [0.1, 0.15) is 0 Å². The molecule has 0 aromatic carbocycles. The molecule has 0 rings (SSSR count). The summed E-state index contributed by atoms with van der Waals surface area (Å²) in [5.74, 6) is -0.577.